The normalized spacial score (nSPS) is 48.5. The van der Waals surface area contributed by atoms with Crippen LogP contribution < -0.4 is 0 Å². The number of rotatable bonds is 2. The monoisotopic (exact) mass is 332 g/mol. The molecule has 4 rings (SSSR count). The van der Waals surface area contributed by atoms with E-state index >= 15 is 0 Å². The molecule has 4 aliphatic rings. The van der Waals surface area contributed by atoms with Crippen LogP contribution in [0.2, 0.25) is 0 Å². The van der Waals surface area contributed by atoms with Gasteiger partial charge >= 0.3 is 0 Å². The number of ketones is 1. The van der Waals surface area contributed by atoms with Crippen LogP contribution in [0.3, 0.4) is 0 Å². The highest BCUT2D eigenvalue weighted by molar-refractivity contribution is 7.99. The molecule has 23 heavy (non-hydrogen) atoms. The van der Waals surface area contributed by atoms with Gasteiger partial charge in [0.25, 0.3) is 0 Å². The number of carbonyl (C=O) groups is 1. The number of hydrogen-bond donors (Lipinski definition) is 1. The lowest BCUT2D eigenvalue weighted by Crippen LogP contribution is -2.52. The molecule has 0 aromatic rings. The minimum Gasteiger partial charge on any atom is -0.396 e. The second-order valence-electron chi connectivity index (χ2n) is 8.34. The van der Waals surface area contributed by atoms with Crippen molar-refractivity contribution in [1.29, 1.82) is 0 Å². The van der Waals surface area contributed by atoms with Gasteiger partial charge in [-0.25, -0.2) is 0 Å². The Bertz CT molecular complexity index is 580. The molecule has 3 fully saturated rings. The van der Waals surface area contributed by atoms with Gasteiger partial charge in [-0.15, -0.1) is 0 Å². The van der Waals surface area contributed by atoms with Crippen LogP contribution >= 0.6 is 11.8 Å². The Morgan fingerprint density at radius 3 is 2.83 bits per heavy atom. The molecule has 1 N–H and O–H groups in total. The zero-order valence-corrected chi connectivity index (χ0v) is 15.1. The van der Waals surface area contributed by atoms with Gasteiger partial charge in [0.2, 0.25) is 0 Å². The lowest BCUT2D eigenvalue weighted by Gasteiger charge is -2.57. The number of allylic oxidation sites excluding steroid dienone is 4. The largest absolute Gasteiger partial charge is 0.396 e. The summed E-state index contributed by atoms with van der Waals surface area (Å²) in [6, 6.07) is 0. The van der Waals surface area contributed by atoms with Gasteiger partial charge in [-0.3, -0.25) is 4.79 Å². The summed E-state index contributed by atoms with van der Waals surface area (Å²) in [7, 11) is 0. The van der Waals surface area contributed by atoms with E-state index in [0.29, 0.717) is 29.6 Å². The molecule has 126 valence electrons. The summed E-state index contributed by atoms with van der Waals surface area (Å²) in [5.74, 6) is 2.21. The van der Waals surface area contributed by atoms with Gasteiger partial charge in [0.05, 0.1) is 6.61 Å². The molecule has 1 unspecified atom stereocenters. The van der Waals surface area contributed by atoms with E-state index in [2.05, 4.69) is 19.3 Å². The molecule has 3 heteroatoms. The molecule has 0 amide bonds. The Labute approximate surface area is 143 Å². The van der Waals surface area contributed by atoms with E-state index in [1.54, 1.807) is 6.08 Å². The number of fused-ring (bicyclic) bond motifs is 5. The summed E-state index contributed by atoms with van der Waals surface area (Å²) in [4.78, 5) is 11.8. The number of carbonyl (C=O) groups excluding carboxylic acids is 1. The first kappa shape index (κ1) is 16.0. The molecule has 0 aromatic heterocycles. The lowest BCUT2D eigenvalue weighted by atomic mass is 9.48. The average Bonchev–Trinajstić information content (AvgIpc) is 2.94. The molecular formula is C20H28O2S. The van der Waals surface area contributed by atoms with Crippen LogP contribution in [0.4, 0.5) is 0 Å². The summed E-state index contributed by atoms with van der Waals surface area (Å²) in [6.07, 6.45) is 15.3. The predicted molar refractivity (Wildman–Crippen MR) is 95.3 cm³/mol. The second kappa shape index (κ2) is 5.49. The first-order chi connectivity index (χ1) is 11.0. The van der Waals surface area contributed by atoms with E-state index in [1.165, 1.54) is 31.3 Å². The maximum Gasteiger partial charge on any atom is 0.178 e. The van der Waals surface area contributed by atoms with E-state index < -0.39 is 0 Å². The van der Waals surface area contributed by atoms with E-state index in [0.717, 1.165) is 12.8 Å². The Kier molecular flexibility index (Phi) is 3.81. The van der Waals surface area contributed by atoms with Crippen molar-refractivity contribution in [3.8, 4) is 0 Å². The number of thioether (sulfide) groups is 1. The maximum absolute atomic E-state index is 11.8. The number of aliphatic hydroxyl groups excluding tert-OH is 1. The summed E-state index contributed by atoms with van der Waals surface area (Å²) in [5.41, 5.74) is 1.60. The molecule has 0 radical (unpaired) electrons. The van der Waals surface area contributed by atoms with E-state index in [9.17, 15) is 9.90 Å². The zero-order chi connectivity index (χ0) is 16.2. The van der Waals surface area contributed by atoms with Gasteiger partial charge in [0.15, 0.2) is 5.78 Å². The van der Waals surface area contributed by atoms with Crippen molar-refractivity contribution in [2.45, 2.75) is 50.7 Å². The molecule has 6 atom stereocenters. The molecule has 0 spiro atoms. The van der Waals surface area contributed by atoms with Gasteiger partial charge in [-0.2, -0.15) is 11.8 Å². The van der Waals surface area contributed by atoms with Crippen LogP contribution in [0, 0.1) is 28.6 Å². The fourth-order valence-electron chi connectivity index (χ4n) is 6.61. The van der Waals surface area contributed by atoms with Crippen LogP contribution in [0.1, 0.15) is 45.4 Å². The molecule has 0 bridgehead atoms. The molecule has 2 nitrogen and oxygen atoms in total. The van der Waals surface area contributed by atoms with Crippen LogP contribution in [0.5, 0.6) is 0 Å². The fourth-order valence-corrected chi connectivity index (χ4v) is 7.82. The number of hydrogen-bond acceptors (Lipinski definition) is 3. The van der Waals surface area contributed by atoms with E-state index in [1.807, 2.05) is 17.8 Å². The highest BCUT2D eigenvalue weighted by atomic mass is 32.2. The zero-order valence-electron chi connectivity index (χ0n) is 14.3. The molecule has 0 aromatic carbocycles. The third-order valence-corrected chi connectivity index (χ3v) is 9.05. The minimum atomic E-state index is 0.0793. The molecule has 3 saturated carbocycles. The van der Waals surface area contributed by atoms with Crippen molar-refractivity contribution in [2.24, 2.45) is 28.6 Å². The van der Waals surface area contributed by atoms with Gasteiger partial charge in [0, 0.05) is 16.1 Å². The minimum absolute atomic E-state index is 0.0793. The summed E-state index contributed by atoms with van der Waals surface area (Å²) >= 11 is 1.97. The highest BCUT2D eigenvalue weighted by Gasteiger charge is 2.59. The molecule has 0 aliphatic heterocycles. The van der Waals surface area contributed by atoms with Crippen molar-refractivity contribution < 1.29 is 9.90 Å². The van der Waals surface area contributed by atoms with Crippen LogP contribution in [0.15, 0.2) is 23.8 Å². The summed E-state index contributed by atoms with van der Waals surface area (Å²) < 4.78 is 0. The van der Waals surface area contributed by atoms with Gasteiger partial charge in [0.1, 0.15) is 0 Å². The third-order valence-electron chi connectivity index (χ3n) is 7.77. The van der Waals surface area contributed by atoms with Gasteiger partial charge < -0.3 is 5.11 Å². The Morgan fingerprint density at radius 1 is 1.26 bits per heavy atom. The van der Waals surface area contributed by atoms with Crippen LogP contribution in [-0.2, 0) is 4.79 Å². The Morgan fingerprint density at radius 2 is 2.09 bits per heavy atom. The Hall–Kier alpha value is -0.540. The molecule has 4 aliphatic carbocycles. The highest BCUT2D eigenvalue weighted by Crippen LogP contribution is 2.65. The third kappa shape index (κ3) is 2.08. The predicted octanol–water partition coefficient (Wildman–Crippen LogP) is 4.00. The van der Waals surface area contributed by atoms with E-state index in [4.69, 9.17) is 0 Å². The summed E-state index contributed by atoms with van der Waals surface area (Å²) in [5, 5.41) is 10.9. The first-order valence-corrected chi connectivity index (χ1v) is 10.4. The molecular weight excluding hydrogens is 304 g/mol. The van der Waals surface area contributed by atoms with Crippen LogP contribution in [-0.4, -0.2) is 29.0 Å². The summed E-state index contributed by atoms with van der Waals surface area (Å²) in [6.45, 7) is 2.71. The van der Waals surface area contributed by atoms with Crippen molar-refractivity contribution in [3.63, 3.8) is 0 Å². The fraction of sp³-hybridized carbons (Fsp3) is 0.750. The standard InChI is InChI=1S/C20H28O2S/c1-19-9-7-14(22)11-13(19)3-4-15-16(19)8-10-20(12-21)17(15)5-6-18(20)23-2/h7,9,11,15-18,21H,3-6,8,10,12H2,1-2H3/t15-,16+,17+,18?,19+,20-/m1/s1. The molecule has 0 saturated heterocycles. The van der Waals surface area contributed by atoms with Crippen LogP contribution in [0.25, 0.3) is 0 Å². The maximum atomic E-state index is 11.8. The smallest absolute Gasteiger partial charge is 0.178 e. The number of aliphatic hydroxyl groups is 1. The van der Waals surface area contributed by atoms with Crippen molar-refractivity contribution in [2.75, 3.05) is 12.9 Å². The van der Waals surface area contributed by atoms with Crippen molar-refractivity contribution in [3.05, 3.63) is 23.8 Å². The second-order valence-corrected chi connectivity index (χ2v) is 9.38. The topological polar surface area (TPSA) is 37.3 Å². The first-order valence-electron chi connectivity index (χ1n) is 9.13. The quantitative estimate of drug-likeness (QED) is 0.830. The van der Waals surface area contributed by atoms with E-state index in [-0.39, 0.29) is 16.6 Å². The SMILES string of the molecule is CSC1CC[C@H]2[C@@H]3CCC4=CC(=O)C=C[C@]4(C)[C@H]3CC[C@]12CO. The Balaban J connectivity index is 1.69. The van der Waals surface area contributed by atoms with Gasteiger partial charge in [-0.05, 0) is 74.7 Å². The van der Waals surface area contributed by atoms with Crippen molar-refractivity contribution in [1.82, 2.24) is 0 Å². The van der Waals surface area contributed by atoms with Crippen molar-refractivity contribution >= 4 is 17.5 Å². The lowest BCUT2D eigenvalue weighted by molar-refractivity contribution is -0.111. The molecule has 0 heterocycles. The average molecular weight is 333 g/mol. The van der Waals surface area contributed by atoms with Gasteiger partial charge in [-0.1, -0.05) is 18.6 Å².